The van der Waals surface area contributed by atoms with Gasteiger partial charge in [0.2, 0.25) is 0 Å². The topological polar surface area (TPSA) is 82.0 Å². The Morgan fingerprint density at radius 1 is 1.15 bits per heavy atom. The largest absolute Gasteiger partial charge is 0.361 e. The molecule has 26 heavy (non-hydrogen) atoms. The predicted molar refractivity (Wildman–Crippen MR) is 95.1 cm³/mol. The molecular formula is C18H22N6O2. The molecule has 0 aliphatic carbocycles. The van der Waals surface area contributed by atoms with E-state index in [1.165, 1.54) is 0 Å². The first-order valence-electron chi connectivity index (χ1n) is 8.74. The van der Waals surface area contributed by atoms with E-state index >= 15 is 0 Å². The van der Waals surface area contributed by atoms with E-state index in [1.807, 2.05) is 32.9 Å². The van der Waals surface area contributed by atoms with E-state index in [0.717, 1.165) is 42.5 Å². The van der Waals surface area contributed by atoms with Crippen LogP contribution in [-0.2, 0) is 13.1 Å². The summed E-state index contributed by atoms with van der Waals surface area (Å²) >= 11 is 0. The highest BCUT2D eigenvalue weighted by atomic mass is 16.5. The van der Waals surface area contributed by atoms with Gasteiger partial charge >= 0.3 is 0 Å². The molecule has 1 fully saturated rings. The van der Waals surface area contributed by atoms with E-state index < -0.39 is 0 Å². The summed E-state index contributed by atoms with van der Waals surface area (Å²) in [5.41, 5.74) is 2.79. The summed E-state index contributed by atoms with van der Waals surface area (Å²) in [5, 5.41) is 13.0. The van der Waals surface area contributed by atoms with E-state index in [-0.39, 0.29) is 5.56 Å². The molecule has 3 aromatic rings. The second-order valence-corrected chi connectivity index (χ2v) is 7.04. The summed E-state index contributed by atoms with van der Waals surface area (Å²) in [6.45, 7) is 9.05. The van der Waals surface area contributed by atoms with Gasteiger partial charge in [0.15, 0.2) is 5.82 Å². The van der Waals surface area contributed by atoms with Gasteiger partial charge < -0.3 is 4.52 Å². The van der Waals surface area contributed by atoms with E-state index in [1.54, 1.807) is 21.5 Å². The molecule has 4 heterocycles. The molecule has 136 valence electrons. The van der Waals surface area contributed by atoms with Crippen LogP contribution in [0, 0.1) is 26.7 Å². The van der Waals surface area contributed by atoms with Crippen molar-refractivity contribution in [3.05, 3.63) is 57.5 Å². The molecule has 8 nitrogen and oxygen atoms in total. The smallest absolute Gasteiger partial charge is 0.266 e. The van der Waals surface area contributed by atoms with E-state index in [4.69, 9.17) is 4.52 Å². The van der Waals surface area contributed by atoms with Gasteiger partial charge in [0.05, 0.1) is 17.9 Å². The third-order valence-electron chi connectivity index (χ3n) is 4.61. The van der Waals surface area contributed by atoms with Crippen LogP contribution in [0.2, 0.25) is 0 Å². The number of aryl methyl sites for hydroxylation is 3. The van der Waals surface area contributed by atoms with Crippen molar-refractivity contribution in [2.45, 2.75) is 33.9 Å². The van der Waals surface area contributed by atoms with E-state index in [9.17, 15) is 4.79 Å². The zero-order valence-corrected chi connectivity index (χ0v) is 15.2. The summed E-state index contributed by atoms with van der Waals surface area (Å²) < 4.78 is 8.42. The van der Waals surface area contributed by atoms with Crippen LogP contribution < -0.4 is 5.56 Å². The molecule has 0 N–H and O–H groups in total. The second-order valence-electron chi connectivity index (χ2n) is 7.04. The highest BCUT2D eigenvalue weighted by Crippen LogP contribution is 2.19. The van der Waals surface area contributed by atoms with Gasteiger partial charge in [0.1, 0.15) is 5.76 Å². The molecule has 8 heteroatoms. The van der Waals surface area contributed by atoms with Crippen LogP contribution in [0.5, 0.6) is 0 Å². The summed E-state index contributed by atoms with van der Waals surface area (Å²) in [6.07, 6.45) is 0. The molecule has 0 saturated carbocycles. The maximum atomic E-state index is 12.2. The van der Waals surface area contributed by atoms with Crippen LogP contribution in [-0.4, -0.2) is 42.7 Å². The average Bonchev–Trinajstić information content (AvgIpc) is 3.12. The standard InChI is InChI=1S/C18H22N6O2/c1-12-6-13(2)24(19-12)17-4-5-18(25)23(20-17)10-15-8-22(9-15)11-16-7-14(3)26-21-16/h4-7,15H,8-11H2,1-3H3. The Kier molecular flexibility index (Phi) is 4.20. The van der Waals surface area contributed by atoms with Gasteiger partial charge in [0, 0.05) is 43.4 Å². The molecule has 0 aromatic carbocycles. The van der Waals surface area contributed by atoms with Crippen LogP contribution in [0.25, 0.3) is 5.82 Å². The minimum atomic E-state index is -0.0825. The molecule has 0 unspecified atom stereocenters. The number of hydrogen-bond acceptors (Lipinski definition) is 6. The van der Waals surface area contributed by atoms with Gasteiger partial charge in [-0.05, 0) is 32.9 Å². The molecule has 1 aliphatic heterocycles. The Labute approximate surface area is 151 Å². The van der Waals surface area contributed by atoms with Crippen LogP contribution in [0.4, 0.5) is 0 Å². The SMILES string of the molecule is Cc1cc(C)n(-c2ccc(=O)n(CC3CN(Cc4cc(C)on4)C3)n2)n1. The van der Waals surface area contributed by atoms with Crippen molar-refractivity contribution < 1.29 is 4.52 Å². The molecule has 0 radical (unpaired) electrons. The zero-order valence-electron chi connectivity index (χ0n) is 15.2. The van der Waals surface area contributed by atoms with Crippen molar-refractivity contribution >= 4 is 0 Å². The van der Waals surface area contributed by atoms with Crippen LogP contribution >= 0.6 is 0 Å². The lowest BCUT2D eigenvalue weighted by Crippen LogP contribution is -2.49. The monoisotopic (exact) mass is 354 g/mol. The number of likely N-dealkylation sites (tertiary alicyclic amines) is 1. The number of hydrogen-bond donors (Lipinski definition) is 0. The third-order valence-corrected chi connectivity index (χ3v) is 4.61. The Bertz CT molecular complexity index is 980. The van der Waals surface area contributed by atoms with Crippen LogP contribution in [0.3, 0.4) is 0 Å². The fraction of sp³-hybridized carbons (Fsp3) is 0.444. The molecular weight excluding hydrogens is 332 g/mol. The fourth-order valence-corrected chi connectivity index (χ4v) is 3.43. The van der Waals surface area contributed by atoms with Crippen molar-refractivity contribution in [1.29, 1.82) is 0 Å². The van der Waals surface area contributed by atoms with Crippen molar-refractivity contribution in [2.24, 2.45) is 5.92 Å². The summed E-state index contributed by atoms with van der Waals surface area (Å²) in [6, 6.07) is 7.23. The quantitative estimate of drug-likeness (QED) is 0.690. The average molecular weight is 354 g/mol. The molecule has 1 aliphatic rings. The maximum Gasteiger partial charge on any atom is 0.266 e. The van der Waals surface area contributed by atoms with Crippen LogP contribution in [0.15, 0.2) is 33.6 Å². The maximum absolute atomic E-state index is 12.2. The minimum absolute atomic E-state index is 0.0825. The van der Waals surface area contributed by atoms with Gasteiger partial charge in [-0.2, -0.15) is 5.10 Å². The lowest BCUT2D eigenvalue weighted by molar-refractivity contribution is 0.0743. The summed E-state index contributed by atoms with van der Waals surface area (Å²) in [4.78, 5) is 14.5. The van der Waals surface area contributed by atoms with Gasteiger partial charge in [-0.3, -0.25) is 9.69 Å². The normalized spacial score (nSPS) is 15.3. The molecule has 3 aromatic heterocycles. The molecule has 0 spiro atoms. The molecule has 1 saturated heterocycles. The second kappa shape index (κ2) is 6.53. The predicted octanol–water partition coefficient (Wildman–Crippen LogP) is 1.47. The highest BCUT2D eigenvalue weighted by molar-refractivity contribution is 5.23. The Morgan fingerprint density at radius 2 is 1.96 bits per heavy atom. The molecule has 0 atom stereocenters. The van der Waals surface area contributed by atoms with Gasteiger partial charge in [-0.25, -0.2) is 9.36 Å². The van der Waals surface area contributed by atoms with Gasteiger partial charge in [-0.1, -0.05) is 5.16 Å². The van der Waals surface area contributed by atoms with Crippen molar-refractivity contribution in [3.63, 3.8) is 0 Å². The highest BCUT2D eigenvalue weighted by Gasteiger charge is 2.28. The zero-order chi connectivity index (χ0) is 18.3. The first kappa shape index (κ1) is 16.7. The Balaban J connectivity index is 1.42. The number of rotatable bonds is 5. The third kappa shape index (κ3) is 3.32. The molecule has 4 rings (SSSR count). The number of nitrogens with zero attached hydrogens (tertiary/aromatic N) is 6. The van der Waals surface area contributed by atoms with Crippen molar-refractivity contribution in [2.75, 3.05) is 13.1 Å². The first-order chi connectivity index (χ1) is 12.5. The Morgan fingerprint density at radius 3 is 2.62 bits per heavy atom. The lowest BCUT2D eigenvalue weighted by atomic mass is 10.00. The Hall–Kier alpha value is -2.74. The number of aromatic nitrogens is 5. The van der Waals surface area contributed by atoms with E-state index in [2.05, 4.69) is 20.3 Å². The molecule has 0 amide bonds. The summed E-state index contributed by atoms with van der Waals surface area (Å²) in [5.74, 6) is 1.90. The fourth-order valence-electron chi connectivity index (χ4n) is 3.43. The first-order valence-corrected chi connectivity index (χ1v) is 8.74. The van der Waals surface area contributed by atoms with Crippen LogP contribution in [0.1, 0.15) is 22.8 Å². The van der Waals surface area contributed by atoms with Crippen molar-refractivity contribution in [3.8, 4) is 5.82 Å². The minimum Gasteiger partial charge on any atom is -0.361 e. The lowest BCUT2D eigenvalue weighted by Gasteiger charge is -2.38. The van der Waals surface area contributed by atoms with Gasteiger partial charge in [-0.15, -0.1) is 5.10 Å². The summed E-state index contributed by atoms with van der Waals surface area (Å²) in [7, 11) is 0. The molecule has 0 bridgehead atoms. The van der Waals surface area contributed by atoms with Crippen molar-refractivity contribution in [1.82, 2.24) is 29.6 Å². The van der Waals surface area contributed by atoms with Gasteiger partial charge in [0.25, 0.3) is 5.56 Å². The van der Waals surface area contributed by atoms with E-state index in [0.29, 0.717) is 18.3 Å².